The molecular weight excluding hydrogens is 262 g/mol. The van der Waals surface area contributed by atoms with Crippen molar-refractivity contribution in [2.24, 2.45) is 0 Å². The number of nitrogens with one attached hydrogen (secondary N) is 1. The van der Waals surface area contributed by atoms with Crippen molar-refractivity contribution in [1.82, 2.24) is 0 Å². The highest BCUT2D eigenvalue weighted by molar-refractivity contribution is 9.10. The van der Waals surface area contributed by atoms with E-state index in [-0.39, 0.29) is 5.76 Å². The molecule has 0 atom stereocenters. The van der Waals surface area contributed by atoms with Crippen LogP contribution in [0.3, 0.4) is 0 Å². The van der Waals surface area contributed by atoms with Crippen LogP contribution in [0.5, 0.6) is 0 Å². The van der Waals surface area contributed by atoms with E-state index in [4.69, 9.17) is 9.52 Å². The summed E-state index contributed by atoms with van der Waals surface area (Å²) >= 11 is 3.20. The molecule has 80 valence electrons. The van der Waals surface area contributed by atoms with Crippen LogP contribution >= 0.6 is 15.9 Å². The van der Waals surface area contributed by atoms with Crippen LogP contribution in [0.4, 0.5) is 5.88 Å². The van der Waals surface area contributed by atoms with E-state index in [1.807, 2.05) is 0 Å². The van der Waals surface area contributed by atoms with Gasteiger partial charge in [0.05, 0.1) is 4.47 Å². The number of rotatable bonds is 4. The van der Waals surface area contributed by atoms with Crippen LogP contribution in [0, 0.1) is 11.8 Å². The van der Waals surface area contributed by atoms with E-state index in [1.54, 1.807) is 6.92 Å². The maximum absolute atomic E-state index is 10.6. The Kier molecular flexibility index (Phi) is 4.25. The number of furan rings is 1. The zero-order chi connectivity index (χ0) is 11.3. The second-order valence-corrected chi connectivity index (χ2v) is 3.55. The summed E-state index contributed by atoms with van der Waals surface area (Å²) in [6.07, 6.45) is 0.687. The van der Waals surface area contributed by atoms with Crippen LogP contribution in [0.2, 0.25) is 0 Å². The molecule has 0 aliphatic heterocycles. The molecule has 0 saturated carbocycles. The lowest BCUT2D eigenvalue weighted by Gasteiger charge is -1.99. The van der Waals surface area contributed by atoms with Gasteiger partial charge in [-0.2, -0.15) is 0 Å². The number of hydrogen-bond acceptors (Lipinski definition) is 3. The van der Waals surface area contributed by atoms with Crippen LogP contribution in [0.1, 0.15) is 23.9 Å². The molecule has 0 radical (unpaired) electrons. The number of carbonyl (C=O) groups is 1. The van der Waals surface area contributed by atoms with Gasteiger partial charge in [-0.1, -0.05) is 0 Å². The van der Waals surface area contributed by atoms with Gasteiger partial charge < -0.3 is 14.8 Å². The molecule has 0 spiro atoms. The molecule has 0 fully saturated rings. The van der Waals surface area contributed by atoms with Crippen molar-refractivity contribution < 1.29 is 14.3 Å². The van der Waals surface area contributed by atoms with Gasteiger partial charge in [0.15, 0.2) is 0 Å². The van der Waals surface area contributed by atoms with Crippen LogP contribution in [0.15, 0.2) is 15.0 Å². The van der Waals surface area contributed by atoms with Crippen molar-refractivity contribution in [3.05, 3.63) is 16.3 Å². The zero-order valence-electron chi connectivity index (χ0n) is 8.13. The number of hydrogen-bond donors (Lipinski definition) is 2. The van der Waals surface area contributed by atoms with Crippen molar-refractivity contribution in [1.29, 1.82) is 0 Å². The molecule has 0 amide bonds. The Bertz CT molecular complexity index is 414. The van der Waals surface area contributed by atoms with Crippen molar-refractivity contribution in [3.8, 4) is 11.8 Å². The first-order chi connectivity index (χ1) is 7.15. The van der Waals surface area contributed by atoms with E-state index in [2.05, 4.69) is 33.1 Å². The summed E-state index contributed by atoms with van der Waals surface area (Å²) < 4.78 is 5.65. The van der Waals surface area contributed by atoms with Crippen LogP contribution in [0.25, 0.3) is 0 Å². The smallest absolute Gasteiger partial charge is 0.371 e. The molecular formula is C10H10BrNO3. The number of aromatic carboxylic acids is 1. The fourth-order valence-corrected chi connectivity index (χ4v) is 1.39. The highest BCUT2D eigenvalue weighted by Crippen LogP contribution is 2.26. The topological polar surface area (TPSA) is 62.5 Å². The third-order valence-corrected chi connectivity index (χ3v) is 2.20. The summed E-state index contributed by atoms with van der Waals surface area (Å²) in [4.78, 5) is 10.6. The molecule has 4 nitrogen and oxygen atoms in total. The minimum Gasteiger partial charge on any atom is -0.475 e. The molecule has 2 N–H and O–H groups in total. The van der Waals surface area contributed by atoms with E-state index >= 15 is 0 Å². The second kappa shape index (κ2) is 5.47. The molecule has 1 aromatic heterocycles. The van der Waals surface area contributed by atoms with E-state index in [0.717, 1.165) is 0 Å². The number of halogens is 1. The Balaban J connectivity index is 2.60. The number of anilines is 1. The first kappa shape index (κ1) is 11.7. The van der Waals surface area contributed by atoms with Crippen LogP contribution in [-0.4, -0.2) is 17.6 Å². The fraction of sp³-hybridized carbons (Fsp3) is 0.300. The summed E-state index contributed by atoms with van der Waals surface area (Å²) in [5, 5.41) is 11.6. The Labute approximate surface area is 95.8 Å². The van der Waals surface area contributed by atoms with Crippen LogP contribution in [-0.2, 0) is 0 Å². The molecule has 0 saturated heterocycles. The van der Waals surface area contributed by atoms with Gasteiger partial charge >= 0.3 is 5.97 Å². The Morgan fingerprint density at radius 3 is 3.00 bits per heavy atom. The minimum absolute atomic E-state index is 0.0917. The maximum Gasteiger partial charge on any atom is 0.371 e. The third kappa shape index (κ3) is 3.33. The van der Waals surface area contributed by atoms with Crippen LogP contribution < -0.4 is 5.32 Å². The summed E-state index contributed by atoms with van der Waals surface area (Å²) in [5.74, 6) is 4.89. The molecule has 15 heavy (non-hydrogen) atoms. The Morgan fingerprint density at radius 2 is 2.47 bits per heavy atom. The predicted octanol–water partition coefficient (Wildman–Crippen LogP) is 2.57. The lowest BCUT2D eigenvalue weighted by atomic mass is 10.4. The maximum atomic E-state index is 10.6. The zero-order valence-corrected chi connectivity index (χ0v) is 9.72. The van der Waals surface area contributed by atoms with Gasteiger partial charge in [-0.25, -0.2) is 4.79 Å². The average Bonchev–Trinajstić information content (AvgIpc) is 2.55. The molecule has 1 aromatic rings. The summed E-state index contributed by atoms with van der Waals surface area (Å²) in [6, 6.07) is 1.41. The van der Waals surface area contributed by atoms with Crippen molar-refractivity contribution in [3.63, 3.8) is 0 Å². The largest absolute Gasteiger partial charge is 0.475 e. The SMILES string of the molecule is CC#CCCNc1oc(C(=O)O)cc1Br. The quantitative estimate of drug-likeness (QED) is 0.653. The first-order valence-electron chi connectivity index (χ1n) is 4.31. The van der Waals surface area contributed by atoms with Gasteiger partial charge in [-0.15, -0.1) is 11.8 Å². The van der Waals surface area contributed by atoms with E-state index in [1.165, 1.54) is 6.07 Å². The molecule has 0 unspecified atom stereocenters. The van der Waals surface area contributed by atoms with Gasteiger partial charge in [0.1, 0.15) is 0 Å². The Hall–Kier alpha value is -1.41. The fourth-order valence-electron chi connectivity index (χ4n) is 0.958. The highest BCUT2D eigenvalue weighted by atomic mass is 79.9. The average molecular weight is 272 g/mol. The van der Waals surface area contributed by atoms with E-state index in [0.29, 0.717) is 23.3 Å². The molecule has 0 aliphatic rings. The second-order valence-electron chi connectivity index (χ2n) is 2.70. The predicted molar refractivity (Wildman–Crippen MR) is 59.9 cm³/mol. The number of carboxylic acid groups (broad SMARTS) is 1. The molecule has 0 aliphatic carbocycles. The third-order valence-electron chi connectivity index (χ3n) is 1.61. The van der Waals surface area contributed by atoms with E-state index in [9.17, 15) is 4.79 Å². The molecule has 1 heterocycles. The summed E-state index contributed by atoms with van der Waals surface area (Å²) in [6.45, 7) is 2.39. The van der Waals surface area contributed by atoms with Crippen molar-refractivity contribution in [2.45, 2.75) is 13.3 Å². The highest BCUT2D eigenvalue weighted by Gasteiger charge is 2.13. The summed E-state index contributed by atoms with van der Waals surface area (Å²) in [7, 11) is 0. The monoisotopic (exact) mass is 271 g/mol. The van der Waals surface area contributed by atoms with Crippen molar-refractivity contribution >= 4 is 27.8 Å². The molecule has 5 heteroatoms. The lowest BCUT2D eigenvalue weighted by molar-refractivity contribution is 0.0663. The van der Waals surface area contributed by atoms with Gasteiger partial charge in [-0.3, -0.25) is 0 Å². The molecule has 0 bridgehead atoms. The first-order valence-corrected chi connectivity index (χ1v) is 5.10. The lowest BCUT2D eigenvalue weighted by Crippen LogP contribution is -1.99. The van der Waals surface area contributed by atoms with Gasteiger partial charge in [0.25, 0.3) is 0 Å². The molecule has 0 aromatic carbocycles. The van der Waals surface area contributed by atoms with Gasteiger partial charge in [0.2, 0.25) is 11.6 Å². The molecule has 1 rings (SSSR count). The standard InChI is InChI=1S/C10H10BrNO3/c1-2-3-4-5-12-9-7(11)6-8(15-9)10(13)14/h6,12H,4-5H2,1H3,(H,13,14). The van der Waals surface area contributed by atoms with Gasteiger partial charge in [-0.05, 0) is 22.9 Å². The van der Waals surface area contributed by atoms with Gasteiger partial charge in [0, 0.05) is 19.0 Å². The van der Waals surface area contributed by atoms with E-state index < -0.39 is 5.97 Å². The Morgan fingerprint density at radius 1 is 1.73 bits per heavy atom. The normalized spacial score (nSPS) is 9.20. The van der Waals surface area contributed by atoms with Crippen molar-refractivity contribution in [2.75, 3.05) is 11.9 Å². The summed E-state index contributed by atoms with van der Waals surface area (Å²) in [5.41, 5.74) is 0. The minimum atomic E-state index is -1.09. The number of carboxylic acids is 1.